The third-order valence-corrected chi connectivity index (χ3v) is 4.12. The molecule has 0 fully saturated rings. The van der Waals surface area contributed by atoms with E-state index in [0.29, 0.717) is 12.3 Å². The zero-order chi connectivity index (χ0) is 16.9. The lowest BCUT2D eigenvalue weighted by atomic mass is 10.1. The van der Waals surface area contributed by atoms with Crippen LogP contribution in [0.4, 0.5) is 5.69 Å². The summed E-state index contributed by atoms with van der Waals surface area (Å²) in [6.45, 7) is 0.682. The first-order valence-electron chi connectivity index (χ1n) is 7.95. The lowest BCUT2D eigenvalue weighted by molar-refractivity contribution is -0.124. The number of fused-ring (bicyclic) bond motifs is 1. The Morgan fingerprint density at radius 2 is 2.00 bits per heavy atom. The van der Waals surface area contributed by atoms with Crippen LogP contribution >= 0.6 is 0 Å². The molecule has 0 atom stereocenters. The van der Waals surface area contributed by atoms with E-state index in [1.54, 1.807) is 12.0 Å². The van der Waals surface area contributed by atoms with E-state index in [9.17, 15) is 9.59 Å². The highest BCUT2D eigenvalue weighted by molar-refractivity contribution is 5.98. The van der Waals surface area contributed by atoms with Gasteiger partial charge in [-0.15, -0.1) is 0 Å². The van der Waals surface area contributed by atoms with Gasteiger partial charge in [0, 0.05) is 12.2 Å². The molecule has 2 aromatic carbocycles. The molecule has 2 aromatic rings. The van der Waals surface area contributed by atoms with Crippen LogP contribution < -0.4 is 15.0 Å². The zero-order valence-electron chi connectivity index (χ0n) is 13.6. The fraction of sp³-hybridized carbons (Fsp3) is 0.263. The fourth-order valence-corrected chi connectivity index (χ4v) is 2.90. The van der Waals surface area contributed by atoms with Gasteiger partial charge < -0.3 is 15.0 Å². The van der Waals surface area contributed by atoms with Gasteiger partial charge in [-0.1, -0.05) is 30.3 Å². The van der Waals surface area contributed by atoms with Gasteiger partial charge in [0.2, 0.25) is 11.8 Å². The topological polar surface area (TPSA) is 58.6 Å². The summed E-state index contributed by atoms with van der Waals surface area (Å²) in [5.74, 6) is 0.452. The van der Waals surface area contributed by atoms with Crippen LogP contribution in [0.25, 0.3) is 0 Å². The average Bonchev–Trinajstić information content (AvgIpc) is 3.04. The number of anilines is 1. The van der Waals surface area contributed by atoms with Crippen LogP contribution in [-0.2, 0) is 22.4 Å². The van der Waals surface area contributed by atoms with Crippen molar-refractivity contribution in [3.8, 4) is 5.75 Å². The summed E-state index contributed by atoms with van der Waals surface area (Å²) in [7, 11) is 1.59. The molecule has 0 bridgehead atoms. The zero-order valence-corrected chi connectivity index (χ0v) is 13.6. The molecule has 1 N–H and O–H groups in total. The molecule has 1 aliphatic rings. The second-order valence-electron chi connectivity index (χ2n) is 5.73. The van der Waals surface area contributed by atoms with Gasteiger partial charge >= 0.3 is 0 Å². The molecule has 24 heavy (non-hydrogen) atoms. The minimum atomic E-state index is -0.177. The van der Waals surface area contributed by atoms with E-state index in [-0.39, 0.29) is 24.8 Å². The highest BCUT2D eigenvalue weighted by atomic mass is 16.5. The SMILES string of the molecule is COc1cccc(CC(=O)NCC(=O)N2CCc3ccccc32)c1. The van der Waals surface area contributed by atoms with E-state index in [1.165, 1.54) is 5.56 Å². The van der Waals surface area contributed by atoms with Crippen molar-refractivity contribution in [3.05, 3.63) is 59.7 Å². The predicted molar refractivity (Wildman–Crippen MR) is 92.2 cm³/mol. The van der Waals surface area contributed by atoms with Gasteiger partial charge in [0.25, 0.3) is 0 Å². The lowest BCUT2D eigenvalue weighted by Gasteiger charge is -2.17. The molecular formula is C19H20N2O3. The first-order valence-corrected chi connectivity index (χ1v) is 7.95. The maximum Gasteiger partial charge on any atom is 0.246 e. The number of nitrogens with one attached hydrogen (secondary N) is 1. The minimum absolute atomic E-state index is 0.0110. The minimum Gasteiger partial charge on any atom is -0.497 e. The second kappa shape index (κ2) is 7.17. The predicted octanol–water partition coefficient (Wildman–Crippen LogP) is 1.94. The van der Waals surface area contributed by atoms with Crippen molar-refractivity contribution in [2.24, 2.45) is 0 Å². The third-order valence-electron chi connectivity index (χ3n) is 4.12. The monoisotopic (exact) mass is 324 g/mol. The molecule has 1 aliphatic heterocycles. The van der Waals surface area contributed by atoms with E-state index in [0.717, 1.165) is 17.7 Å². The number of carbonyl (C=O) groups is 2. The van der Waals surface area contributed by atoms with Crippen molar-refractivity contribution in [2.75, 3.05) is 25.1 Å². The number of rotatable bonds is 5. The number of hydrogen-bond acceptors (Lipinski definition) is 3. The van der Waals surface area contributed by atoms with Crippen molar-refractivity contribution in [3.63, 3.8) is 0 Å². The summed E-state index contributed by atoms with van der Waals surface area (Å²) >= 11 is 0. The second-order valence-corrected chi connectivity index (χ2v) is 5.73. The molecule has 1 heterocycles. The maximum absolute atomic E-state index is 12.4. The Hall–Kier alpha value is -2.82. The summed E-state index contributed by atoms with van der Waals surface area (Å²) in [6, 6.07) is 15.2. The number of nitrogens with zero attached hydrogens (tertiary/aromatic N) is 1. The molecule has 3 rings (SSSR count). The van der Waals surface area contributed by atoms with E-state index < -0.39 is 0 Å². The van der Waals surface area contributed by atoms with Crippen LogP contribution in [0.15, 0.2) is 48.5 Å². The molecule has 0 saturated heterocycles. The van der Waals surface area contributed by atoms with Gasteiger partial charge in [0.1, 0.15) is 5.75 Å². The van der Waals surface area contributed by atoms with Gasteiger partial charge in [-0.2, -0.15) is 0 Å². The van der Waals surface area contributed by atoms with Crippen molar-refractivity contribution in [2.45, 2.75) is 12.8 Å². The van der Waals surface area contributed by atoms with Crippen molar-refractivity contribution < 1.29 is 14.3 Å². The largest absolute Gasteiger partial charge is 0.497 e. The first kappa shape index (κ1) is 16.1. The quantitative estimate of drug-likeness (QED) is 0.914. The Morgan fingerprint density at radius 3 is 2.83 bits per heavy atom. The number of carbonyl (C=O) groups excluding carboxylic acids is 2. The number of benzene rings is 2. The Balaban J connectivity index is 1.54. The summed E-state index contributed by atoms with van der Waals surface area (Å²) in [5.41, 5.74) is 2.98. The molecule has 0 saturated carbocycles. The molecule has 124 valence electrons. The van der Waals surface area contributed by atoms with Crippen LogP contribution in [0.3, 0.4) is 0 Å². The van der Waals surface area contributed by atoms with Gasteiger partial charge in [0.05, 0.1) is 20.1 Å². The molecular weight excluding hydrogens is 304 g/mol. The van der Waals surface area contributed by atoms with E-state index in [2.05, 4.69) is 5.32 Å². The summed E-state index contributed by atoms with van der Waals surface area (Å²) in [4.78, 5) is 26.1. The molecule has 0 spiro atoms. The molecule has 0 radical (unpaired) electrons. The Bertz CT molecular complexity index is 758. The number of hydrogen-bond donors (Lipinski definition) is 1. The van der Waals surface area contributed by atoms with E-state index in [4.69, 9.17) is 4.74 Å². The Labute approximate surface area is 141 Å². The number of amides is 2. The summed E-state index contributed by atoms with van der Waals surface area (Å²) in [5, 5.41) is 2.71. The number of methoxy groups -OCH3 is 1. The van der Waals surface area contributed by atoms with E-state index >= 15 is 0 Å². The molecule has 5 heteroatoms. The van der Waals surface area contributed by atoms with Gasteiger partial charge in [0.15, 0.2) is 0 Å². The average molecular weight is 324 g/mol. The third kappa shape index (κ3) is 3.56. The number of para-hydroxylation sites is 1. The van der Waals surface area contributed by atoms with Crippen LogP contribution in [0, 0.1) is 0 Å². The summed E-state index contributed by atoms with van der Waals surface area (Å²) in [6.07, 6.45) is 1.08. The molecule has 5 nitrogen and oxygen atoms in total. The smallest absolute Gasteiger partial charge is 0.246 e. The van der Waals surface area contributed by atoms with Crippen molar-refractivity contribution in [1.29, 1.82) is 0 Å². The van der Waals surface area contributed by atoms with Crippen LogP contribution in [0.1, 0.15) is 11.1 Å². The van der Waals surface area contributed by atoms with Crippen molar-refractivity contribution >= 4 is 17.5 Å². The number of ether oxygens (including phenoxy) is 1. The highest BCUT2D eigenvalue weighted by Gasteiger charge is 2.24. The summed E-state index contributed by atoms with van der Waals surface area (Å²) < 4.78 is 5.14. The Morgan fingerprint density at radius 1 is 1.17 bits per heavy atom. The van der Waals surface area contributed by atoms with Gasteiger partial charge in [-0.25, -0.2) is 0 Å². The Kier molecular flexibility index (Phi) is 4.79. The van der Waals surface area contributed by atoms with Crippen molar-refractivity contribution in [1.82, 2.24) is 5.32 Å². The van der Waals surface area contributed by atoms with Crippen LogP contribution in [0.5, 0.6) is 5.75 Å². The molecule has 0 aliphatic carbocycles. The van der Waals surface area contributed by atoms with Gasteiger partial charge in [-0.3, -0.25) is 9.59 Å². The highest BCUT2D eigenvalue weighted by Crippen LogP contribution is 2.27. The van der Waals surface area contributed by atoms with Gasteiger partial charge in [-0.05, 0) is 35.7 Å². The standard InChI is InChI=1S/C19H20N2O3/c1-24-16-7-4-5-14(11-16)12-18(22)20-13-19(23)21-10-9-15-6-2-3-8-17(15)21/h2-8,11H,9-10,12-13H2,1H3,(H,20,22). The van der Waals surface area contributed by atoms with Crippen LogP contribution in [-0.4, -0.2) is 32.0 Å². The van der Waals surface area contributed by atoms with Crippen LogP contribution in [0.2, 0.25) is 0 Å². The normalized spacial score (nSPS) is 12.6. The maximum atomic E-state index is 12.4. The fourth-order valence-electron chi connectivity index (χ4n) is 2.90. The molecule has 0 unspecified atom stereocenters. The first-order chi connectivity index (χ1) is 11.7. The lowest BCUT2D eigenvalue weighted by Crippen LogP contribution is -2.39. The van der Waals surface area contributed by atoms with E-state index in [1.807, 2.05) is 48.5 Å². The molecule has 2 amide bonds. The molecule has 0 aromatic heterocycles.